The van der Waals surface area contributed by atoms with E-state index >= 15 is 0 Å². The highest BCUT2D eigenvalue weighted by Gasteiger charge is 2.33. The van der Waals surface area contributed by atoms with Crippen molar-refractivity contribution >= 4 is 11.6 Å². The fourth-order valence-electron chi connectivity index (χ4n) is 3.27. The van der Waals surface area contributed by atoms with Gasteiger partial charge in [0, 0.05) is 44.6 Å². The first-order valence-electron chi connectivity index (χ1n) is 8.11. The van der Waals surface area contributed by atoms with E-state index in [4.69, 9.17) is 11.6 Å². The van der Waals surface area contributed by atoms with Crippen LogP contribution in [0.3, 0.4) is 0 Å². The molecule has 1 N–H and O–H groups in total. The molecule has 1 saturated heterocycles. The van der Waals surface area contributed by atoms with Gasteiger partial charge in [-0.1, -0.05) is 18.5 Å². The van der Waals surface area contributed by atoms with E-state index in [-0.39, 0.29) is 0 Å². The SMILES string of the molecule is CCc1nn(C)c(Cl)c1CN1CCC(O)(Cn2ccnc2)CC1. The highest BCUT2D eigenvalue weighted by molar-refractivity contribution is 6.30. The van der Waals surface area contributed by atoms with Crippen molar-refractivity contribution in [1.29, 1.82) is 0 Å². The minimum Gasteiger partial charge on any atom is -0.388 e. The number of nitrogens with zero attached hydrogens (tertiary/aromatic N) is 5. The van der Waals surface area contributed by atoms with Crippen LogP contribution in [0.5, 0.6) is 0 Å². The largest absolute Gasteiger partial charge is 0.388 e. The van der Waals surface area contributed by atoms with Crippen LogP contribution in [0.4, 0.5) is 0 Å². The number of hydrogen-bond donors (Lipinski definition) is 1. The van der Waals surface area contributed by atoms with Gasteiger partial charge in [0.15, 0.2) is 0 Å². The third-order valence-corrected chi connectivity index (χ3v) is 5.16. The fourth-order valence-corrected chi connectivity index (χ4v) is 3.48. The molecule has 7 heteroatoms. The number of likely N-dealkylation sites (tertiary alicyclic amines) is 1. The van der Waals surface area contributed by atoms with Crippen LogP contribution < -0.4 is 0 Å². The van der Waals surface area contributed by atoms with Crippen LogP contribution in [0.2, 0.25) is 5.15 Å². The monoisotopic (exact) mass is 337 g/mol. The minimum atomic E-state index is -0.649. The van der Waals surface area contributed by atoms with Gasteiger partial charge >= 0.3 is 0 Å². The maximum atomic E-state index is 10.8. The second-order valence-electron chi connectivity index (χ2n) is 6.43. The normalized spacial score (nSPS) is 18.4. The van der Waals surface area contributed by atoms with Crippen LogP contribution in [0, 0.1) is 0 Å². The number of aliphatic hydroxyl groups is 1. The zero-order chi connectivity index (χ0) is 16.4. The molecule has 2 aromatic rings. The van der Waals surface area contributed by atoms with Gasteiger partial charge in [-0.05, 0) is 19.3 Å². The second-order valence-corrected chi connectivity index (χ2v) is 6.79. The molecule has 0 bridgehead atoms. The maximum Gasteiger partial charge on any atom is 0.131 e. The summed E-state index contributed by atoms with van der Waals surface area (Å²) in [6.07, 6.45) is 7.79. The van der Waals surface area contributed by atoms with Gasteiger partial charge in [-0.2, -0.15) is 5.10 Å². The number of halogens is 1. The van der Waals surface area contributed by atoms with Gasteiger partial charge in [-0.25, -0.2) is 4.98 Å². The Labute approximate surface area is 141 Å². The molecule has 1 aliphatic rings. The quantitative estimate of drug-likeness (QED) is 0.904. The number of imidazole rings is 1. The Morgan fingerprint density at radius 2 is 2.09 bits per heavy atom. The highest BCUT2D eigenvalue weighted by atomic mass is 35.5. The summed E-state index contributed by atoms with van der Waals surface area (Å²) in [7, 11) is 1.88. The summed E-state index contributed by atoms with van der Waals surface area (Å²) in [5.74, 6) is 0. The molecule has 0 aromatic carbocycles. The van der Waals surface area contributed by atoms with Gasteiger partial charge in [0.2, 0.25) is 0 Å². The molecule has 23 heavy (non-hydrogen) atoms. The molecule has 0 saturated carbocycles. The van der Waals surface area contributed by atoms with Gasteiger partial charge < -0.3 is 9.67 Å². The first kappa shape index (κ1) is 16.5. The predicted octanol–water partition coefficient (Wildman–Crippen LogP) is 1.86. The smallest absolute Gasteiger partial charge is 0.131 e. The maximum absolute atomic E-state index is 10.8. The van der Waals surface area contributed by atoms with Crippen molar-refractivity contribution in [2.45, 2.75) is 44.9 Å². The van der Waals surface area contributed by atoms with Crippen LogP contribution >= 0.6 is 11.6 Å². The van der Waals surface area contributed by atoms with Crippen molar-refractivity contribution in [3.8, 4) is 0 Å². The first-order chi connectivity index (χ1) is 11.0. The zero-order valence-electron chi connectivity index (χ0n) is 13.7. The van der Waals surface area contributed by atoms with Crippen LogP contribution in [0.1, 0.15) is 31.0 Å². The minimum absolute atomic E-state index is 0.606. The second kappa shape index (κ2) is 6.63. The average Bonchev–Trinajstić information content (AvgIpc) is 3.12. The summed E-state index contributed by atoms with van der Waals surface area (Å²) in [6.45, 7) is 5.23. The fraction of sp³-hybridized carbons (Fsp3) is 0.625. The first-order valence-corrected chi connectivity index (χ1v) is 8.49. The zero-order valence-corrected chi connectivity index (χ0v) is 14.5. The Balaban J connectivity index is 1.61. The lowest BCUT2D eigenvalue weighted by molar-refractivity contribution is -0.0358. The van der Waals surface area contributed by atoms with E-state index in [2.05, 4.69) is 21.9 Å². The summed E-state index contributed by atoms with van der Waals surface area (Å²) in [4.78, 5) is 6.39. The van der Waals surface area contributed by atoms with Crippen molar-refractivity contribution in [3.63, 3.8) is 0 Å². The molecule has 1 fully saturated rings. The standard InChI is InChI=1S/C16H24ClN5O/c1-3-14-13(15(17)20(2)19-14)10-21-7-4-16(23,5-8-21)11-22-9-6-18-12-22/h6,9,12,23H,3-5,7-8,10-11H2,1-2H3. The molecule has 126 valence electrons. The third-order valence-electron chi connectivity index (χ3n) is 4.69. The Morgan fingerprint density at radius 3 is 2.70 bits per heavy atom. The molecule has 0 spiro atoms. The van der Waals surface area contributed by atoms with Crippen LogP contribution in [0.25, 0.3) is 0 Å². The van der Waals surface area contributed by atoms with Crippen molar-refractivity contribution in [2.24, 2.45) is 7.05 Å². The van der Waals surface area contributed by atoms with Crippen LogP contribution in [-0.2, 0) is 26.6 Å². The van der Waals surface area contributed by atoms with Crippen molar-refractivity contribution in [2.75, 3.05) is 13.1 Å². The summed E-state index contributed by atoms with van der Waals surface area (Å²) in [5, 5.41) is 16.0. The van der Waals surface area contributed by atoms with Gasteiger partial charge in [0.25, 0.3) is 0 Å². The lowest BCUT2D eigenvalue weighted by atomic mass is 9.91. The molecule has 0 unspecified atom stereocenters. The Hall–Kier alpha value is -1.37. The van der Waals surface area contributed by atoms with E-state index in [0.29, 0.717) is 6.54 Å². The number of aromatic nitrogens is 4. The van der Waals surface area contributed by atoms with Gasteiger partial charge in [-0.15, -0.1) is 0 Å². The molecular weight excluding hydrogens is 314 g/mol. The molecule has 3 heterocycles. The number of piperidine rings is 1. The summed E-state index contributed by atoms with van der Waals surface area (Å²) in [6, 6.07) is 0. The van der Waals surface area contributed by atoms with E-state index in [9.17, 15) is 5.11 Å². The van der Waals surface area contributed by atoms with E-state index in [1.807, 2.05) is 17.8 Å². The Morgan fingerprint density at radius 1 is 1.35 bits per heavy atom. The molecule has 0 radical (unpaired) electrons. The lowest BCUT2D eigenvalue weighted by Gasteiger charge is -2.38. The third kappa shape index (κ3) is 3.59. The van der Waals surface area contributed by atoms with Gasteiger partial charge in [0.05, 0.1) is 24.2 Å². The lowest BCUT2D eigenvalue weighted by Crippen LogP contribution is -2.46. The molecule has 0 aliphatic carbocycles. The molecule has 6 nitrogen and oxygen atoms in total. The van der Waals surface area contributed by atoms with E-state index in [0.717, 1.165) is 55.3 Å². The molecule has 0 amide bonds. The molecule has 2 aromatic heterocycles. The van der Waals surface area contributed by atoms with Gasteiger partial charge in [-0.3, -0.25) is 9.58 Å². The van der Waals surface area contributed by atoms with Crippen molar-refractivity contribution in [3.05, 3.63) is 35.1 Å². The van der Waals surface area contributed by atoms with Crippen molar-refractivity contribution < 1.29 is 5.11 Å². The Kier molecular flexibility index (Phi) is 4.75. The molecular formula is C16H24ClN5O. The Bertz CT molecular complexity index is 644. The molecule has 1 aliphatic heterocycles. The van der Waals surface area contributed by atoms with Crippen molar-refractivity contribution in [1.82, 2.24) is 24.2 Å². The molecule has 3 rings (SSSR count). The summed E-state index contributed by atoms with van der Waals surface area (Å²) < 4.78 is 3.69. The van der Waals surface area contributed by atoms with Crippen LogP contribution in [-0.4, -0.2) is 48.0 Å². The highest BCUT2D eigenvalue weighted by Crippen LogP contribution is 2.27. The number of rotatable bonds is 5. The van der Waals surface area contributed by atoms with E-state index < -0.39 is 5.60 Å². The van der Waals surface area contributed by atoms with Gasteiger partial charge in [0.1, 0.15) is 5.15 Å². The number of hydrogen-bond acceptors (Lipinski definition) is 4. The molecule has 0 atom stereocenters. The average molecular weight is 338 g/mol. The van der Waals surface area contributed by atoms with E-state index in [1.54, 1.807) is 17.2 Å². The van der Waals surface area contributed by atoms with Crippen LogP contribution in [0.15, 0.2) is 18.7 Å². The predicted molar refractivity (Wildman–Crippen MR) is 89.3 cm³/mol. The summed E-state index contributed by atoms with van der Waals surface area (Å²) >= 11 is 6.38. The topological polar surface area (TPSA) is 59.1 Å². The van der Waals surface area contributed by atoms with E-state index in [1.165, 1.54) is 0 Å². The number of aryl methyl sites for hydroxylation is 2. The summed E-state index contributed by atoms with van der Waals surface area (Å²) in [5.41, 5.74) is 1.54.